The molecular weight excluding hydrogens is 403 g/mol. The Morgan fingerprint density at radius 3 is 2.48 bits per heavy atom. The summed E-state index contributed by atoms with van der Waals surface area (Å²) in [5.41, 5.74) is 7.03. The summed E-state index contributed by atoms with van der Waals surface area (Å²) < 4.78 is 18.7. The minimum absolute atomic E-state index is 0.0568. The number of pyridine rings is 1. The predicted molar refractivity (Wildman–Crippen MR) is 111 cm³/mol. The van der Waals surface area contributed by atoms with Gasteiger partial charge < -0.3 is 15.8 Å². The SMILES string of the molecule is Cc1cc(NC(=O)NC(=O)Cc2ccc(F)cc2)ccc1Oc1ccnc(C(N)=O)c1. The minimum atomic E-state index is -0.694. The molecule has 0 atom stereocenters. The second-order valence-corrected chi connectivity index (χ2v) is 6.63. The lowest BCUT2D eigenvalue weighted by atomic mass is 10.1. The van der Waals surface area contributed by atoms with Crippen LogP contribution in [0, 0.1) is 12.7 Å². The molecule has 0 aliphatic heterocycles. The fraction of sp³-hybridized carbons (Fsp3) is 0.0909. The summed E-state index contributed by atoms with van der Waals surface area (Å²) in [5.74, 6) is -0.705. The number of amides is 4. The molecule has 0 spiro atoms. The van der Waals surface area contributed by atoms with Crippen LogP contribution < -0.4 is 21.1 Å². The number of imide groups is 1. The van der Waals surface area contributed by atoms with Gasteiger partial charge in [-0.2, -0.15) is 0 Å². The Labute approximate surface area is 177 Å². The molecule has 0 bridgehead atoms. The molecule has 31 heavy (non-hydrogen) atoms. The van der Waals surface area contributed by atoms with Crippen LogP contribution >= 0.6 is 0 Å². The van der Waals surface area contributed by atoms with Crippen LogP contribution in [0.1, 0.15) is 21.6 Å². The third-order valence-electron chi connectivity index (χ3n) is 4.18. The molecule has 3 aromatic rings. The quantitative estimate of drug-likeness (QED) is 0.562. The lowest BCUT2D eigenvalue weighted by molar-refractivity contribution is -0.119. The number of carbonyl (C=O) groups is 3. The van der Waals surface area contributed by atoms with E-state index in [1.54, 1.807) is 31.2 Å². The highest BCUT2D eigenvalue weighted by Crippen LogP contribution is 2.27. The smallest absolute Gasteiger partial charge is 0.325 e. The monoisotopic (exact) mass is 422 g/mol. The maximum absolute atomic E-state index is 12.9. The van der Waals surface area contributed by atoms with Gasteiger partial charge in [-0.05, 0) is 54.4 Å². The lowest BCUT2D eigenvalue weighted by Gasteiger charge is -2.12. The molecule has 3 rings (SSSR count). The van der Waals surface area contributed by atoms with Crippen LogP contribution in [0.4, 0.5) is 14.9 Å². The number of urea groups is 1. The van der Waals surface area contributed by atoms with Crippen molar-refractivity contribution in [2.75, 3.05) is 5.32 Å². The number of nitrogens with two attached hydrogens (primary N) is 1. The van der Waals surface area contributed by atoms with Crippen molar-refractivity contribution in [2.24, 2.45) is 5.73 Å². The highest BCUT2D eigenvalue weighted by Gasteiger charge is 2.11. The molecule has 0 saturated heterocycles. The van der Waals surface area contributed by atoms with Crippen molar-refractivity contribution in [3.8, 4) is 11.5 Å². The largest absolute Gasteiger partial charge is 0.457 e. The number of hydrogen-bond donors (Lipinski definition) is 3. The van der Waals surface area contributed by atoms with E-state index >= 15 is 0 Å². The number of benzene rings is 2. The van der Waals surface area contributed by atoms with Crippen LogP contribution in [0.15, 0.2) is 60.8 Å². The minimum Gasteiger partial charge on any atom is -0.457 e. The summed E-state index contributed by atoms with van der Waals surface area (Å²) in [7, 11) is 0. The predicted octanol–water partition coefficient (Wildman–Crippen LogP) is 3.31. The van der Waals surface area contributed by atoms with Gasteiger partial charge in [0.1, 0.15) is 23.0 Å². The number of ether oxygens (including phenoxy) is 1. The Hall–Kier alpha value is -4.27. The Kier molecular flexibility index (Phi) is 6.56. The zero-order valence-corrected chi connectivity index (χ0v) is 16.5. The Morgan fingerprint density at radius 2 is 1.81 bits per heavy atom. The summed E-state index contributed by atoms with van der Waals surface area (Å²) >= 11 is 0. The first-order valence-corrected chi connectivity index (χ1v) is 9.20. The number of nitrogens with one attached hydrogen (secondary N) is 2. The van der Waals surface area contributed by atoms with E-state index in [1.807, 2.05) is 0 Å². The van der Waals surface area contributed by atoms with Gasteiger partial charge in [0.15, 0.2) is 0 Å². The molecule has 0 saturated carbocycles. The molecule has 8 nitrogen and oxygen atoms in total. The molecule has 1 heterocycles. The number of aryl methyl sites for hydroxylation is 1. The van der Waals surface area contributed by atoms with Crippen LogP contribution in [0.25, 0.3) is 0 Å². The fourth-order valence-corrected chi connectivity index (χ4v) is 2.70. The number of rotatable bonds is 6. The Bertz CT molecular complexity index is 1130. The highest BCUT2D eigenvalue weighted by molar-refractivity contribution is 6.01. The van der Waals surface area contributed by atoms with Gasteiger partial charge in [0.25, 0.3) is 5.91 Å². The van der Waals surface area contributed by atoms with Gasteiger partial charge in [-0.3, -0.25) is 19.9 Å². The van der Waals surface area contributed by atoms with E-state index in [9.17, 15) is 18.8 Å². The molecule has 2 aromatic carbocycles. The zero-order chi connectivity index (χ0) is 22.4. The highest BCUT2D eigenvalue weighted by atomic mass is 19.1. The van der Waals surface area contributed by atoms with Crippen molar-refractivity contribution >= 4 is 23.5 Å². The maximum atomic E-state index is 12.9. The average molecular weight is 422 g/mol. The van der Waals surface area contributed by atoms with E-state index in [4.69, 9.17) is 10.5 Å². The molecule has 4 amide bonds. The van der Waals surface area contributed by atoms with Gasteiger partial charge in [0.05, 0.1) is 6.42 Å². The van der Waals surface area contributed by atoms with Crippen molar-refractivity contribution in [1.82, 2.24) is 10.3 Å². The molecule has 0 aliphatic rings. The van der Waals surface area contributed by atoms with E-state index in [-0.39, 0.29) is 12.1 Å². The standard InChI is InChI=1S/C22H19FN4O4/c1-13-10-16(6-7-19(13)31-17-8-9-25-18(12-17)21(24)29)26-22(30)27-20(28)11-14-2-4-15(23)5-3-14/h2-10,12H,11H2,1H3,(H2,24,29)(H2,26,27,28,30). The van der Waals surface area contributed by atoms with Crippen molar-refractivity contribution in [3.05, 3.63) is 83.4 Å². The van der Waals surface area contributed by atoms with Gasteiger partial charge in [0, 0.05) is 18.0 Å². The van der Waals surface area contributed by atoms with Crippen LogP contribution in [-0.4, -0.2) is 22.8 Å². The molecule has 9 heteroatoms. The second kappa shape index (κ2) is 9.49. The Morgan fingerprint density at radius 1 is 1.06 bits per heavy atom. The van der Waals surface area contributed by atoms with Crippen molar-refractivity contribution in [2.45, 2.75) is 13.3 Å². The number of aromatic nitrogens is 1. The van der Waals surface area contributed by atoms with Crippen LogP contribution in [-0.2, 0) is 11.2 Å². The lowest BCUT2D eigenvalue weighted by Crippen LogP contribution is -2.35. The zero-order valence-electron chi connectivity index (χ0n) is 16.5. The maximum Gasteiger partial charge on any atom is 0.325 e. The molecule has 0 fully saturated rings. The normalized spacial score (nSPS) is 10.3. The van der Waals surface area contributed by atoms with Gasteiger partial charge in [-0.1, -0.05) is 12.1 Å². The second-order valence-electron chi connectivity index (χ2n) is 6.63. The molecule has 4 N–H and O–H groups in total. The van der Waals surface area contributed by atoms with E-state index in [1.165, 1.54) is 36.5 Å². The van der Waals surface area contributed by atoms with Gasteiger partial charge in [-0.15, -0.1) is 0 Å². The van der Waals surface area contributed by atoms with E-state index < -0.39 is 23.7 Å². The molecule has 0 aliphatic carbocycles. The number of nitrogens with zero attached hydrogens (tertiary/aromatic N) is 1. The van der Waals surface area contributed by atoms with E-state index in [0.29, 0.717) is 28.3 Å². The summed E-state index contributed by atoms with van der Waals surface area (Å²) in [6.07, 6.45) is 1.35. The van der Waals surface area contributed by atoms with Crippen molar-refractivity contribution in [1.29, 1.82) is 0 Å². The number of carbonyl (C=O) groups excluding carboxylic acids is 3. The summed E-state index contributed by atoms with van der Waals surface area (Å²) in [4.78, 5) is 39.1. The van der Waals surface area contributed by atoms with E-state index in [0.717, 1.165) is 0 Å². The third kappa shape index (κ3) is 6.10. The number of anilines is 1. The van der Waals surface area contributed by atoms with Gasteiger partial charge in [0.2, 0.25) is 5.91 Å². The van der Waals surface area contributed by atoms with Crippen LogP contribution in [0.2, 0.25) is 0 Å². The van der Waals surface area contributed by atoms with Gasteiger partial charge >= 0.3 is 6.03 Å². The van der Waals surface area contributed by atoms with Crippen LogP contribution in [0.3, 0.4) is 0 Å². The van der Waals surface area contributed by atoms with Crippen molar-refractivity contribution < 1.29 is 23.5 Å². The van der Waals surface area contributed by atoms with Gasteiger partial charge in [-0.25, -0.2) is 9.18 Å². The van der Waals surface area contributed by atoms with Crippen LogP contribution in [0.5, 0.6) is 11.5 Å². The molecule has 1 aromatic heterocycles. The summed E-state index contributed by atoms with van der Waals surface area (Å²) in [6.45, 7) is 1.77. The molecule has 0 radical (unpaired) electrons. The summed E-state index contributed by atoms with van der Waals surface area (Å²) in [5, 5.41) is 4.78. The molecular formula is C22H19FN4O4. The first kappa shape index (κ1) is 21.4. The first-order chi connectivity index (χ1) is 14.8. The topological polar surface area (TPSA) is 123 Å². The fourth-order valence-electron chi connectivity index (χ4n) is 2.70. The molecule has 0 unspecified atom stereocenters. The number of primary amides is 1. The summed E-state index contributed by atoms with van der Waals surface area (Å²) in [6, 6.07) is 12.7. The number of hydrogen-bond acceptors (Lipinski definition) is 5. The van der Waals surface area contributed by atoms with Crippen molar-refractivity contribution in [3.63, 3.8) is 0 Å². The average Bonchev–Trinajstić information content (AvgIpc) is 2.72. The van der Waals surface area contributed by atoms with E-state index in [2.05, 4.69) is 15.6 Å². The first-order valence-electron chi connectivity index (χ1n) is 9.20. The number of halogens is 1. The Balaban J connectivity index is 1.58. The molecule has 158 valence electrons. The third-order valence-corrected chi connectivity index (χ3v) is 4.18.